The molecule has 0 amide bonds. The van der Waals surface area contributed by atoms with Crippen molar-refractivity contribution in [1.29, 1.82) is 0 Å². The number of fused-ring (bicyclic) bond motifs is 1. The minimum Gasteiger partial charge on any atom is -0.468 e. The molecule has 0 saturated heterocycles. The van der Waals surface area contributed by atoms with Gasteiger partial charge in [-0.1, -0.05) is 13.0 Å². The third kappa shape index (κ3) is 2.43. The highest BCUT2D eigenvalue weighted by atomic mass is 16.3. The monoisotopic (exact) mass is 256 g/mol. The summed E-state index contributed by atoms with van der Waals surface area (Å²) in [5.41, 5.74) is 3.95. The summed E-state index contributed by atoms with van der Waals surface area (Å²) < 4.78 is 5.64. The second-order valence-electron chi connectivity index (χ2n) is 5.07. The number of aryl methyl sites for hydroxylation is 1. The number of furan rings is 1. The van der Waals surface area contributed by atoms with Crippen LogP contribution in [0.1, 0.15) is 48.3 Å². The van der Waals surface area contributed by atoms with Gasteiger partial charge in [0.15, 0.2) is 0 Å². The minimum atomic E-state index is 0.400. The fraction of sp³-hybridized carbons (Fsp3) is 0.438. The topological polar surface area (TPSA) is 38.1 Å². The molecule has 0 bridgehead atoms. The first-order valence-corrected chi connectivity index (χ1v) is 7.11. The molecule has 100 valence electrons. The lowest BCUT2D eigenvalue weighted by Gasteiger charge is -2.24. The molecule has 1 N–H and O–H groups in total. The Morgan fingerprint density at radius 3 is 3.26 bits per heavy atom. The molecule has 0 fully saturated rings. The van der Waals surface area contributed by atoms with Gasteiger partial charge in [0.05, 0.1) is 18.5 Å². The highest BCUT2D eigenvalue weighted by Gasteiger charge is 2.26. The van der Waals surface area contributed by atoms with Gasteiger partial charge in [-0.05, 0) is 43.5 Å². The number of nitrogens with zero attached hydrogens (tertiary/aromatic N) is 1. The Kier molecular flexibility index (Phi) is 3.65. The summed E-state index contributed by atoms with van der Waals surface area (Å²) in [6, 6.07) is 6.36. The van der Waals surface area contributed by atoms with Crippen molar-refractivity contribution in [2.24, 2.45) is 0 Å². The van der Waals surface area contributed by atoms with Gasteiger partial charge in [0.25, 0.3) is 0 Å². The van der Waals surface area contributed by atoms with Crippen LogP contribution in [0, 0.1) is 0 Å². The summed E-state index contributed by atoms with van der Waals surface area (Å²) >= 11 is 0. The molecule has 0 aromatic carbocycles. The highest BCUT2D eigenvalue weighted by molar-refractivity contribution is 5.36. The molecule has 1 aliphatic carbocycles. The van der Waals surface area contributed by atoms with Crippen LogP contribution in [-0.4, -0.2) is 11.5 Å². The average Bonchev–Trinajstić information content (AvgIpc) is 2.92. The van der Waals surface area contributed by atoms with Crippen molar-refractivity contribution in [3.8, 4) is 0 Å². The van der Waals surface area contributed by atoms with Crippen LogP contribution in [0.2, 0.25) is 0 Å². The number of nitrogens with one attached hydrogen (secondary N) is 1. The molecule has 3 heteroatoms. The SMILES string of the molecule is CCNCc1occc1C1CCCc2cccnc21. The molecule has 2 aromatic rings. The summed E-state index contributed by atoms with van der Waals surface area (Å²) in [7, 11) is 0. The molecule has 1 atom stereocenters. The van der Waals surface area contributed by atoms with Crippen LogP contribution in [0.25, 0.3) is 0 Å². The molecule has 3 rings (SSSR count). The van der Waals surface area contributed by atoms with E-state index in [1.807, 2.05) is 12.3 Å². The number of rotatable bonds is 4. The van der Waals surface area contributed by atoms with E-state index >= 15 is 0 Å². The summed E-state index contributed by atoms with van der Waals surface area (Å²) in [5.74, 6) is 1.46. The maximum atomic E-state index is 5.64. The Morgan fingerprint density at radius 1 is 1.42 bits per heavy atom. The zero-order chi connectivity index (χ0) is 13.1. The highest BCUT2D eigenvalue weighted by Crippen LogP contribution is 2.37. The molecule has 0 aliphatic heterocycles. The van der Waals surface area contributed by atoms with E-state index < -0.39 is 0 Å². The first-order chi connectivity index (χ1) is 9.40. The second kappa shape index (κ2) is 5.57. The van der Waals surface area contributed by atoms with E-state index in [-0.39, 0.29) is 0 Å². The molecule has 2 heterocycles. The van der Waals surface area contributed by atoms with Crippen LogP contribution in [0.5, 0.6) is 0 Å². The number of aromatic nitrogens is 1. The standard InChI is InChI=1S/C16H20N2O/c1-2-17-11-15-13(8-10-19-15)14-7-3-5-12-6-4-9-18-16(12)14/h4,6,8-10,14,17H,2-3,5,7,11H2,1H3. The molecule has 0 radical (unpaired) electrons. The van der Waals surface area contributed by atoms with Crippen LogP contribution in [0.15, 0.2) is 35.1 Å². The largest absolute Gasteiger partial charge is 0.468 e. The van der Waals surface area contributed by atoms with Gasteiger partial charge < -0.3 is 9.73 Å². The van der Waals surface area contributed by atoms with Gasteiger partial charge in [-0.2, -0.15) is 0 Å². The van der Waals surface area contributed by atoms with E-state index in [0.717, 1.165) is 25.3 Å². The molecular weight excluding hydrogens is 236 g/mol. The van der Waals surface area contributed by atoms with Crippen molar-refractivity contribution in [2.45, 2.75) is 38.6 Å². The first kappa shape index (κ1) is 12.4. The lowest BCUT2D eigenvalue weighted by atomic mass is 9.82. The molecule has 0 spiro atoms. The molecule has 2 aromatic heterocycles. The molecule has 0 saturated carbocycles. The summed E-state index contributed by atoms with van der Waals surface area (Å²) in [4.78, 5) is 4.62. The average molecular weight is 256 g/mol. The van der Waals surface area contributed by atoms with Crippen molar-refractivity contribution in [3.63, 3.8) is 0 Å². The zero-order valence-electron chi connectivity index (χ0n) is 11.4. The summed E-state index contributed by atoms with van der Waals surface area (Å²) in [5, 5.41) is 3.34. The third-order valence-corrected chi connectivity index (χ3v) is 3.89. The van der Waals surface area contributed by atoms with Gasteiger partial charge in [-0.25, -0.2) is 0 Å². The van der Waals surface area contributed by atoms with E-state index in [2.05, 4.69) is 29.4 Å². The zero-order valence-corrected chi connectivity index (χ0v) is 11.4. The smallest absolute Gasteiger partial charge is 0.121 e. The second-order valence-corrected chi connectivity index (χ2v) is 5.07. The van der Waals surface area contributed by atoms with Crippen molar-refractivity contribution < 1.29 is 4.42 Å². The maximum absolute atomic E-state index is 5.64. The molecular formula is C16H20N2O. The number of hydrogen-bond acceptors (Lipinski definition) is 3. The lowest BCUT2D eigenvalue weighted by molar-refractivity contribution is 0.474. The predicted molar refractivity (Wildman–Crippen MR) is 75.1 cm³/mol. The summed E-state index contributed by atoms with van der Waals surface area (Å²) in [6.45, 7) is 3.87. The molecule has 19 heavy (non-hydrogen) atoms. The lowest BCUT2D eigenvalue weighted by Crippen LogP contribution is -2.16. The van der Waals surface area contributed by atoms with E-state index in [1.54, 1.807) is 6.26 Å². The van der Waals surface area contributed by atoms with Crippen LogP contribution in [0.3, 0.4) is 0 Å². The van der Waals surface area contributed by atoms with Crippen LogP contribution in [0.4, 0.5) is 0 Å². The normalized spacial score (nSPS) is 18.3. The molecule has 1 unspecified atom stereocenters. The molecule has 1 aliphatic rings. The van der Waals surface area contributed by atoms with E-state index in [4.69, 9.17) is 4.42 Å². The van der Waals surface area contributed by atoms with E-state index in [9.17, 15) is 0 Å². The Morgan fingerprint density at radius 2 is 2.37 bits per heavy atom. The Labute approximate surface area is 114 Å². The Hall–Kier alpha value is -1.61. The van der Waals surface area contributed by atoms with Crippen molar-refractivity contribution in [1.82, 2.24) is 10.3 Å². The Bertz CT molecular complexity index is 547. The Balaban J connectivity index is 1.93. The predicted octanol–water partition coefficient (Wildman–Crippen LogP) is 3.25. The van der Waals surface area contributed by atoms with E-state index in [0.29, 0.717) is 5.92 Å². The fourth-order valence-electron chi connectivity index (χ4n) is 2.96. The van der Waals surface area contributed by atoms with E-state index in [1.165, 1.54) is 29.7 Å². The van der Waals surface area contributed by atoms with Crippen molar-refractivity contribution >= 4 is 0 Å². The van der Waals surface area contributed by atoms with Gasteiger partial charge in [-0.3, -0.25) is 4.98 Å². The summed E-state index contributed by atoms with van der Waals surface area (Å²) in [6.07, 6.45) is 7.26. The van der Waals surface area contributed by atoms with Gasteiger partial charge >= 0.3 is 0 Å². The van der Waals surface area contributed by atoms with Crippen LogP contribution >= 0.6 is 0 Å². The maximum Gasteiger partial charge on any atom is 0.121 e. The number of hydrogen-bond donors (Lipinski definition) is 1. The van der Waals surface area contributed by atoms with Crippen LogP contribution in [-0.2, 0) is 13.0 Å². The van der Waals surface area contributed by atoms with Crippen molar-refractivity contribution in [3.05, 3.63) is 53.2 Å². The molecule has 3 nitrogen and oxygen atoms in total. The number of pyridine rings is 1. The van der Waals surface area contributed by atoms with Gasteiger partial charge in [0, 0.05) is 17.7 Å². The van der Waals surface area contributed by atoms with Crippen LogP contribution < -0.4 is 5.32 Å². The third-order valence-electron chi connectivity index (χ3n) is 3.89. The fourth-order valence-corrected chi connectivity index (χ4v) is 2.96. The minimum absolute atomic E-state index is 0.400. The quantitative estimate of drug-likeness (QED) is 0.912. The van der Waals surface area contributed by atoms with Gasteiger partial charge in [0.1, 0.15) is 5.76 Å². The van der Waals surface area contributed by atoms with Gasteiger partial charge in [0.2, 0.25) is 0 Å². The van der Waals surface area contributed by atoms with Crippen molar-refractivity contribution in [2.75, 3.05) is 6.54 Å². The first-order valence-electron chi connectivity index (χ1n) is 7.11. The van der Waals surface area contributed by atoms with Gasteiger partial charge in [-0.15, -0.1) is 0 Å².